The van der Waals surface area contributed by atoms with Crippen molar-refractivity contribution in [3.8, 4) is 5.75 Å². The average Bonchev–Trinajstić information content (AvgIpc) is 2.66. The Hall–Kier alpha value is -2.49. The molecule has 0 N–H and O–H groups in total. The lowest BCUT2D eigenvalue weighted by Crippen LogP contribution is -2.29. The number of carbonyl (C=O) groups is 1. The van der Waals surface area contributed by atoms with Gasteiger partial charge in [0.15, 0.2) is 0 Å². The van der Waals surface area contributed by atoms with Crippen molar-refractivity contribution in [1.82, 2.24) is 0 Å². The van der Waals surface area contributed by atoms with Crippen LogP contribution < -0.4 is 9.64 Å². The van der Waals surface area contributed by atoms with Crippen LogP contribution in [0.1, 0.15) is 44.2 Å². The number of nitrogens with zero attached hydrogens (tertiary/aromatic N) is 1. The summed E-state index contributed by atoms with van der Waals surface area (Å²) in [5.74, 6) is 0.755. The van der Waals surface area contributed by atoms with Crippen LogP contribution in [-0.4, -0.2) is 33.8 Å². The van der Waals surface area contributed by atoms with Gasteiger partial charge in [0.25, 0.3) is 0 Å². The number of carbonyl (C=O) groups excluding carboxylic acids is 1. The van der Waals surface area contributed by atoms with E-state index in [4.69, 9.17) is 9.47 Å². The van der Waals surface area contributed by atoms with Crippen LogP contribution in [0.15, 0.2) is 48.5 Å². The maximum absolute atomic E-state index is 12.5. The molecule has 4 heteroatoms. The van der Waals surface area contributed by atoms with E-state index in [0.717, 1.165) is 17.0 Å². The topological polar surface area (TPSA) is 38.8 Å². The maximum atomic E-state index is 12.5. The average molecular weight is 370 g/mol. The Morgan fingerprint density at radius 2 is 1.52 bits per heavy atom. The molecule has 0 aliphatic rings. The molecule has 0 spiro atoms. The van der Waals surface area contributed by atoms with E-state index < -0.39 is 5.41 Å². The summed E-state index contributed by atoms with van der Waals surface area (Å²) in [7, 11) is 5.72. The number of methoxy groups -OCH3 is 1. The molecule has 1 atom stereocenters. The fourth-order valence-corrected chi connectivity index (χ4v) is 3.19. The minimum Gasteiger partial charge on any atom is -0.497 e. The molecule has 0 bridgehead atoms. The van der Waals surface area contributed by atoms with E-state index in [2.05, 4.69) is 41.3 Å². The van der Waals surface area contributed by atoms with Crippen molar-refractivity contribution in [1.29, 1.82) is 0 Å². The highest BCUT2D eigenvalue weighted by atomic mass is 16.5. The summed E-state index contributed by atoms with van der Waals surface area (Å²) < 4.78 is 10.6. The summed E-state index contributed by atoms with van der Waals surface area (Å²) in [5.41, 5.74) is 2.91. The summed E-state index contributed by atoms with van der Waals surface area (Å²) in [6, 6.07) is 16.6. The number of hydrogen-bond donors (Lipinski definition) is 0. The lowest BCUT2D eigenvalue weighted by molar-refractivity contribution is -0.153. The standard InChI is InChI=1S/C23H31NO3/c1-7-27-22(25)23(2,3)16-21(18-10-14-20(26-6)15-11-18)17-8-12-19(13-9-17)24(4)5/h8-15,21H,7,16H2,1-6H3. The molecule has 0 aliphatic heterocycles. The molecule has 2 aromatic rings. The molecule has 2 rings (SSSR count). The van der Waals surface area contributed by atoms with Crippen LogP contribution >= 0.6 is 0 Å². The summed E-state index contributed by atoms with van der Waals surface area (Å²) in [4.78, 5) is 14.5. The lowest BCUT2D eigenvalue weighted by Gasteiger charge is -2.29. The second-order valence-electron chi connectivity index (χ2n) is 7.62. The second kappa shape index (κ2) is 8.94. The molecule has 0 fully saturated rings. The van der Waals surface area contributed by atoms with E-state index in [9.17, 15) is 4.79 Å². The Morgan fingerprint density at radius 1 is 1.00 bits per heavy atom. The van der Waals surface area contributed by atoms with E-state index in [0.29, 0.717) is 13.0 Å². The van der Waals surface area contributed by atoms with Crippen molar-refractivity contribution in [3.05, 3.63) is 59.7 Å². The van der Waals surface area contributed by atoms with E-state index >= 15 is 0 Å². The first-order valence-corrected chi connectivity index (χ1v) is 9.37. The van der Waals surface area contributed by atoms with Crippen molar-refractivity contribution in [2.24, 2.45) is 5.41 Å². The molecule has 146 valence electrons. The van der Waals surface area contributed by atoms with Crippen LogP contribution in [0.2, 0.25) is 0 Å². The van der Waals surface area contributed by atoms with E-state index in [1.165, 1.54) is 5.56 Å². The molecule has 0 radical (unpaired) electrons. The number of hydrogen-bond acceptors (Lipinski definition) is 4. The Kier molecular flexibility index (Phi) is 6.89. The highest BCUT2D eigenvalue weighted by Crippen LogP contribution is 2.38. The van der Waals surface area contributed by atoms with Crippen LogP contribution in [0, 0.1) is 5.41 Å². The quantitative estimate of drug-likeness (QED) is 0.622. The van der Waals surface area contributed by atoms with Gasteiger partial charge in [-0.1, -0.05) is 24.3 Å². The summed E-state index contributed by atoms with van der Waals surface area (Å²) in [6.07, 6.45) is 0.666. The summed E-state index contributed by atoms with van der Waals surface area (Å²) >= 11 is 0. The van der Waals surface area contributed by atoms with Gasteiger partial charge in [-0.15, -0.1) is 0 Å². The normalized spacial score (nSPS) is 12.4. The second-order valence-corrected chi connectivity index (χ2v) is 7.62. The SMILES string of the molecule is CCOC(=O)C(C)(C)CC(c1ccc(OC)cc1)c1ccc(N(C)C)cc1. The molecule has 0 amide bonds. The van der Waals surface area contributed by atoms with Crippen LogP contribution in [0.4, 0.5) is 5.69 Å². The van der Waals surface area contributed by atoms with Crippen molar-refractivity contribution in [3.63, 3.8) is 0 Å². The van der Waals surface area contributed by atoms with Crippen LogP contribution in [0.25, 0.3) is 0 Å². The number of benzene rings is 2. The number of rotatable bonds is 8. The maximum Gasteiger partial charge on any atom is 0.311 e. The fourth-order valence-electron chi connectivity index (χ4n) is 3.19. The minimum atomic E-state index is -0.583. The molecule has 2 aromatic carbocycles. The molecule has 0 aromatic heterocycles. The van der Waals surface area contributed by atoms with Crippen molar-refractivity contribution < 1.29 is 14.3 Å². The zero-order chi connectivity index (χ0) is 20.0. The molecule has 1 unspecified atom stereocenters. The van der Waals surface area contributed by atoms with Crippen LogP contribution in [0.5, 0.6) is 5.75 Å². The monoisotopic (exact) mass is 369 g/mol. The largest absolute Gasteiger partial charge is 0.497 e. The molecule has 0 saturated carbocycles. The smallest absolute Gasteiger partial charge is 0.311 e. The fraction of sp³-hybridized carbons (Fsp3) is 0.435. The van der Waals surface area contributed by atoms with Gasteiger partial charge < -0.3 is 14.4 Å². The van der Waals surface area contributed by atoms with Crippen LogP contribution in [0.3, 0.4) is 0 Å². The van der Waals surface area contributed by atoms with Gasteiger partial charge in [-0.2, -0.15) is 0 Å². The van der Waals surface area contributed by atoms with Crippen molar-refractivity contribution in [2.45, 2.75) is 33.1 Å². The first-order chi connectivity index (χ1) is 12.8. The molecule has 27 heavy (non-hydrogen) atoms. The Morgan fingerprint density at radius 3 is 1.96 bits per heavy atom. The molecule has 4 nitrogen and oxygen atoms in total. The third-order valence-electron chi connectivity index (χ3n) is 4.87. The first kappa shape index (κ1) is 20.8. The van der Waals surface area contributed by atoms with Gasteiger partial charge in [0.05, 0.1) is 19.1 Å². The third-order valence-corrected chi connectivity index (χ3v) is 4.87. The highest BCUT2D eigenvalue weighted by molar-refractivity contribution is 5.76. The Bertz CT molecular complexity index is 733. The Balaban J connectivity index is 2.39. The van der Waals surface area contributed by atoms with Gasteiger partial charge in [0.1, 0.15) is 5.75 Å². The van der Waals surface area contributed by atoms with E-state index in [1.54, 1.807) is 7.11 Å². The predicted octanol–water partition coefficient (Wildman–Crippen LogP) is 4.87. The van der Waals surface area contributed by atoms with Gasteiger partial charge in [0, 0.05) is 25.7 Å². The molecule has 0 heterocycles. The van der Waals surface area contributed by atoms with E-state index in [1.807, 2.05) is 47.0 Å². The van der Waals surface area contributed by atoms with Crippen molar-refractivity contribution >= 4 is 11.7 Å². The summed E-state index contributed by atoms with van der Waals surface area (Å²) in [6.45, 7) is 6.15. The van der Waals surface area contributed by atoms with Gasteiger partial charge in [0.2, 0.25) is 0 Å². The number of ether oxygens (including phenoxy) is 2. The predicted molar refractivity (Wildman–Crippen MR) is 111 cm³/mol. The number of anilines is 1. The molecular formula is C23H31NO3. The van der Waals surface area contributed by atoms with Gasteiger partial charge >= 0.3 is 5.97 Å². The molecular weight excluding hydrogens is 338 g/mol. The zero-order valence-electron chi connectivity index (χ0n) is 17.3. The van der Waals surface area contributed by atoms with Crippen LogP contribution in [-0.2, 0) is 9.53 Å². The Labute approximate surface area is 163 Å². The summed E-state index contributed by atoms with van der Waals surface area (Å²) in [5, 5.41) is 0. The zero-order valence-corrected chi connectivity index (χ0v) is 17.3. The number of esters is 1. The van der Waals surface area contributed by atoms with E-state index in [-0.39, 0.29) is 11.9 Å². The van der Waals surface area contributed by atoms with Gasteiger partial charge in [-0.3, -0.25) is 4.79 Å². The lowest BCUT2D eigenvalue weighted by atomic mass is 9.77. The highest BCUT2D eigenvalue weighted by Gasteiger charge is 2.33. The third kappa shape index (κ3) is 5.25. The van der Waals surface area contributed by atoms with Gasteiger partial charge in [-0.05, 0) is 62.6 Å². The van der Waals surface area contributed by atoms with Crippen molar-refractivity contribution in [2.75, 3.05) is 32.7 Å². The van der Waals surface area contributed by atoms with Gasteiger partial charge in [-0.25, -0.2) is 0 Å². The molecule has 0 aliphatic carbocycles. The minimum absolute atomic E-state index is 0.0894. The molecule has 0 saturated heterocycles. The first-order valence-electron chi connectivity index (χ1n) is 9.37.